The van der Waals surface area contributed by atoms with Crippen molar-refractivity contribution >= 4 is 40.0 Å². The molecule has 0 radical (unpaired) electrons. The zero-order valence-electron chi connectivity index (χ0n) is 10.7. The highest BCUT2D eigenvalue weighted by Gasteiger charge is 2.08. The standard InChI is InChI=1S/C15H9ClN2O2S/c16-13-3-1-2-4-15(13)21-12-8-10-7-11(18(19)20)5-6-14(10)17-9-12/h1-9H. The molecule has 0 aliphatic carbocycles. The number of nitro groups is 1. The molecule has 21 heavy (non-hydrogen) atoms. The van der Waals surface area contributed by atoms with Crippen LogP contribution in [-0.4, -0.2) is 9.91 Å². The van der Waals surface area contributed by atoms with Crippen LogP contribution in [0.5, 0.6) is 0 Å². The molecule has 1 heterocycles. The molecular weight excluding hydrogens is 308 g/mol. The first kappa shape index (κ1) is 13.9. The van der Waals surface area contributed by atoms with Gasteiger partial charge in [-0.1, -0.05) is 35.5 Å². The van der Waals surface area contributed by atoms with Crippen LogP contribution in [0, 0.1) is 10.1 Å². The summed E-state index contributed by atoms with van der Waals surface area (Å²) in [6.07, 6.45) is 1.74. The van der Waals surface area contributed by atoms with Crippen LogP contribution in [0.4, 0.5) is 5.69 Å². The molecule has 104 valence electrons. The van der Waals surface area contributed by atoms with Crippen molar-refractivity contribution in [3.63, 3.8) is 0 Å². The molecule has 0 saturated heterocycles. The Bertz CT molecular complexity index is 839. The first-order valence-corrected chi connectivity index (χ1v) is 7.29. The van der Waals surface area contributed by atoms with E-state index in [1.807, 2.05) is 30.3 Å². The van der Waals surface area contributed by atoms with Crippen LogP contribution < -0.4 is 0 Å². The van der Waals surface area contributed by atoms with E-state index in [0.717, 1.165) is 20.7 Å². The Hall–Kier alpha value is -2.11. The predicted molar refractivity (Wildman–Crippen MR) is 84.0 cm³/mol. The maximum atomic E-state index is 10.8. The summed E-state index contributed by atoms with van der Waals surface area (Å²) in [6.45, 7) is 0. The summed E-state index contributed by atoms with van der Waals surface area (Å²) in [6, 6.07) is 14.0. The Morgan fingerprint density at radius 2 is 1.95 bits per heavy atom. The van der Waals surface area contributed by atoms with Crippen molar-refractivity contribution in [1.29, 1.82) is 0 Å². The van der Waals surface area contributed by atoms with Crippen LogP contribution in [0.2, 0.25) is 5.02 Å². The normalized spacial score (nSPS) is 10.7. The van der Waals surface area contributed by atoms with Gasteiger partial charge in [0.2, 0.25) is 0 Å². The number of benzene rings is 2. The Morgan fingerprint density at radius 1 is 1.14 bits per heavy atom. The number of halogens is 1. The minimum absolute atomic E-state index is 0.0594. The van der Waals surface area contributed by atoms with Gasteiger partial charge in [0.1, 0.15) is 0 Å². The number of non-ortho nitro benzene ring substituents is 1. The quantitative estimate of drug-likeness (QED) is 0.507. The average Bonchev–Trinajstić information content (AvgIpc) is 2.49. The Labute approximate surface area is 129 Å². The second-order valence-electron chi connectivity index (χ2n) is 4.34. The lowest BCUT2D eigenvalue weighted by molar-refractivity contribution is -0.384. The fraction of sp³-hybridized carbons (Fsp3) is 0. The van der Waals surface area contributed by atoms with Gasteiger partial charge in [-0.2, -0.15) is 0 Å². The molecule has 0 aliphatic heterocycles. The van der Waals surface area contributed by atoms with Gasteiger partial charge in [0.25, 0.3) is 5.69 Å². The second kappa shape index (κ2) is 5.71. The first-order chi connectivity index (χ1) is 10.1. The summed E-state index contributed by atoms with van der Waals surface area (Å²) in [5.41, 5.74) is 0.785. The molecule has 0 fully saturated rings. The van der Waals surface area contributed by atoms with Gasteiger partial charge in [0.05, 0.1) is 15.5 Å². The first-order valence-electron chi connectivity index (χ1n) is 6.10. The van der Waals surface area contributed by atoms with E-state index in [4.69, 9.17) is 11.6 Å². The van der Waals surface area contributed by atoms with E-state index in [0.29, 0.717) is 5.02 Å². The van der Waals surface area contributed by atoms with E-state index in [-0.39, 0.29) is 5.69 Å². The van der Waals surface area contributed by atoms with Gasteiger partial charge in [0.15, 0.2) is 0 Å². The van der Waals surface area contributed by atoms with Crippen molar-refractivity contribution in [2.45, 2.75) is 9.79 Å². The molecule has 3 rings (SSSR count). The van der Waals surface area contributed by atoms with Gasteiger partial charge in [-0.25, -0.2) is 0 Å². The topological polar surface area (TPSA) is 56.0 Å². The zero-order valence-corrected chi connectivity index (χ0v) is 12.3. The zero-order chi connectivity index (χ0) is 14.8. The van der Waals surface area contributed by atoms with Gasteiger partial charge in [-0.15, -0.1) is 0 Å². The number of hydrogen-bond donors (Lipinski definition) is 0. The Morgan fingerprint density at radius 3 is 2.71 bits per heavy atom. The maximum Gasteiger partial charge on any atom is 0.270 e. The fourth-order valence-corrected chi connectivity index (χ4v) is 3.03. The molecule has 0 atom stereocenters. The third-order valence-electron chi connectivity index (χ3n) is 2.92. The number of hydrogen-bond acceptors (Lipinski definition) is 4. The summed E-state index contributed by atoms with van der Waals surface area (Å²) < 4.78 is 0. The number of rotatable bonds is 3. The van der Waals surface area contributed by atoms with Gasteiger partial charge in [-0.3, -0.25) is 15.1 Å². The molecule has 0 unspecified atom stereocenters. The van der Waals surface area contributed by atoms with E-state index in [2.05, 4.69) is 4.98 Å². The number of aromatic nitrogens is 1. The predicted octanol–water partition coefficient (Wildman–Crippen LogP) is 4.95. The number of nitrogens with zero attached hydrogens (tertiary/aromatic N) is 2. The molecule has 6 heteroatoms. The lowest BCUT2D eigenvalue weighted by atomic mass is 10.2. The van der Waals surface area contributed by atoms with Crippen LogP contribution in [0.15, 0.2) is 64.5 Å². The summed E-state index contributed by atoms with van der Waals surface area (Å²) in [5, 5.41) is 12.2. The van der Waals surface area contributed by atoms with Gasteiger partial charge >= 0.3 is 0 Å². The van der Waals surface area contributed by atoms with Crippen molar-refractivity contribution in [3.05, 3.63) is 69.9 Å². The molecule has 0 N–H and O–H groups in total. The molecule has 1 aromatic heterocycles. The van der Waals surface area contributed by atoms with Gasteiger partial charge < -0.3 is 0 Å². The Kier molecular flexibility index (Phi) is 3.77. The summed E-state index contributed by atoms with van der Waals surface area (Å²) in [7, 11) is 0. The van der Waals surface area contributed by atoms with Crippen molar-refractivity contribution < 1.29 is 4.92 Å². The van der Waals surface area contributed by atoms with Crippen LogP contribution in [-0.2, 0) is 0 Å². The Balaban J connectivity index is 2.00. The molecule has 0 bridgehead atoms. The third kappa shape index (κ3) is 2.99. The molecule has 0 aliphatic rings. The monoisotopic (exact) mass is 316 g/mol. The van der Waals surface area contributed by atoms with Gasteiger partial charge in [0, 0.05) is 33.5 Å². The minimum Gasteiger partial charge on any atom is -0.258 e. The van der Waals surface area contributed by atoms with E-state index < -0.39 is 4.92 Å². The summed E-state index contributed by atoms with van der Waals surface area (Å²) in [5.74, 6) is 0. The maximum absolute atomic E-state index is 10.8. The highest BCUT2D eigenvalue weighted by atomic mass is 35.5. The third-order valence-corrected chi connectivity index (χ3v) is 4.39. The van der Waals surface area contributed by atoms with Crippen LogP contribution in [0.3, 0.4) is 0 Å². The SMILES string of the molecule is O=[N+]([O-])c1ccc2ncc(Sc3ccccc3Cl)cc2c1. The van der Waals surface area contributed by atoms with E-state index in [9.17, 15) is 10.1 Å². The van der Waals surface area contributed by atoms with E-state index in [1.54, 1.807) is 12.3 Å². The number of nitro benzene ring substituents is 1. The number of pyridine rings is 1. The van der Waals surface area contributed by atoms with E-state index in [1.165, 1.54) is 23.9 Å². The van der Waals surface area contributed by atoms with Crippen molar-refractivity contribution in [3.8, 4) is 0 Å². The van der Waals surface area contributed by atoms with Crippen LogP contribution in [0.1, 0.15) is 0 Å². The molecule has 0 amide bonds. The van der Waals surface area contributed by atoms with Crippen molar-refractivity contribution in [2.24, 2.45) is 0 Å². The average molecular weight is 317 g/mol. The van der Waals surface area contributed by atoms with Crippen LogP contribution in [0.25, 0.3) is 10.9 Å². The largest absolute Gasteiger partial charge is 0.270 e. The molecule has 2 aromatic carbocycles. The summed E-state index contributed by atoms with van der Waals surface area (Å²) >= 11 is 7.61. The lowest BCUT2D eigenvalue weighted by Crippen LogP contribution is -1.88. The van der Waals surface area contributed by atoms with Crippen molar-refractivity contribution in [1.82, 2.24) is 4.98 Å². The molecule has 3 aromatic rings. The number of fused-ring (bicyclic) bond motifs is 1. The molecule has 4 nitrogen and oxygen atoms in total. The summed E-state index contributed by atoms with van der Waals surface area (Å²) in [4.78, 5) is 16.5. The molecule has 0 saturated carbocycles. The second-order valence-corrected chi connectivity index (χ2v) is 5.86. The van der Waals surface area contributed by atoms with Crippen molar-refractivity contribution in [2.75, 3.05) is 0 Å². The van der Waals surface area contributed by atoms with E-state index >= 15 is 0 Å². The molecular formula is C15H9ClN2O2S. The smallest absolute Gasteiger partial charge is 0.258 e. The highest BCUT2D eigenvalue weighted by Crippen LogP contribution is 2.34. The lowest BCUT2D eigenvalue weighted by Gasteiger charge is -2.05. The molecule has 0 spiro atoms. The van der Waals surface area contributed by atoms with Crippen LogP contribution >= 0.6 is 23.4 Å². The van der Waals surface area contributed by atoms with Gasteiger partial charge in [-0.05, 0) is 24.3 Å². The highest BCUT2D eigenvalue weighted by molar-refractivity contribution is 7.99. The minimum atomic E-state index is -0.409. The fourth-order valence-electron chi connectivity index (χ4n) is 1.92.